The smallest absolute Gasteiger partial charge is 0.253 e. The molecule has 1 amide bonds. The second-order valence-corrected chi connectivity index (χ2v) is 6.83. The van der Waals surface area contributed by atoms with E-state index < -0.39 is 0 Å². The Morgan fingerprint density at radius 2 is 1.81 bits per heavy atom. The van der Waals surface area contributed by atoms with Gasteiger partial charge in [-0.15, -0.1) is 0 Å². The molecule has 2 aromatic rings. The van der Waals surface area contributed by atoms with Crippen molar-refractivity contribution < 1.29 is 4.79 Å². The number of nitrogens with zero attached hydrogens (tertiary/aromatic N) is 2. The molecule has 1 saturated carbocycles. The van der Waals surface area contributed by atoms with Crippen LogP contribution in [0, 0.1) is 0 Å². The Bertz CT molecular complexity index is 768. The van der Waals surface area contributed by atoms with Crippen LogP contribution >= 0.6 is 0 Å². The van der Waals surface area contributed by atoms with Gasteiger partial charge in [0.25, 0.3) is 5.91 Å². The molecule has 0 radical (unpaired) electrons. The van der Waals surface area contributed by atoms with Crippen LogP contribution in [-0.4, -0.2) is 44.0 Å². The molecule has 2 N–H and O–H groups in total. The summed E-state index contributed by atoms with van der Waals surface area (Å²) >= 11 is 0. The molecular weight excluding hydrogens is 324 g/mol. The molecule has 2 atom stereocenters. The lowest BCUT2D eigenvalue weighted by atomic mass is 10.1. The average Bonchev–Trinajstić information content (AvgIpc) is 3.44. The Morgan fingerprint density at radius 3 is 2.42 bits per heavy atom. The summed E-state index contributed by atoms with van der Waals surface area (Å²) in [7, 11) is 5.30. The topological polar surface area (TPSA) is 56.7 Å². The monoisotopic (exact) mass is 350 g/mol. The third-order valence-electron chi connectivity index (χ3n) is 4.63. The van der Waals surface area contributed by atoms with Gasteiger partial charge in [-0.3, -0.25) is 9.79 Å². The third kappa shape index (κ3) is 4.42. The summed E-state index contributed by atoms with van der Waals surface area (Å²) in [6.45, 7) is 0.666. The molecule has 5 nitrogen and oxygen atoms in total. The first-order valence-electron chi connectivity index (χ1n) is 8.91. The van der Waals surface area contributed by atoms with Crippen LogP contribution in [0.3, 0.4) is 0 Å². The Kier molecular flexibility index (Phi) is 5.56. The summed E-state index contributed by atoms with van der Waals surface area (Å²) in [5, 5.41) is 6.83. The molecule has 0 aliphatic heterocycles. The number of amides is 1. The highest BCUT2D eigenvalue weighted by atomic mass is 16.2. The van der Waals surface area contributed by atoms with Gasteiger partial charge in [-0.1, -0.05) is 42.5 Å². The van der Waals surface area contributed by atoms with Crippen molar-refractivity contribution in [1.29, 1.82) is 0 Å². The number of rotatable bonds is 5. The minimum absolute atomic E-state index is 0.0164. The van der Waals surface area contributed by atoms with Gasteiger partial charge in [-0.2, -0.15) is 0 Å². The van der Waals surface area contributed by atoms with Gasteiger partial charge >= 0.3 is 0 Å². The Balaban J connectivity index is 1.50. The number of carbonyl (C=O) groups is 1. The van der Waals surface area contributed by atoms with Crippen molar-refractivity contribution in [3.8, 4) is 0 Å². The molecule has 1 aliphatic carbocycles. The van der Waals surface area contributed by atoms with Crippen molar-refractivity contribution >= 4 is 11.9 Å². The largest absolute Gasteiger partial charge is 0.353 e. The summed E-state index contributed by atoms with van der Waals surface area (Å²) in [5.74, 6) is 1.38. The third-order valence-corrected chi connectivity index (χ3v) is 4.63. The number of benzene rings is 2. The van der Waals surface area contributed by atoms with Crippen molar-refractivity contribution in [2.75, 3.05) is 21.1 Å². The molecule has 1 aliphatic rings. The molecule has 0 aromatic heterocycles. The van der Waals surface area contributed by atoms with Crippen LogP contribution in [0.1, 0.15) is 33.8 Å². The van der Waals surface area contributed by atoms with E-state index in [1.54, 1.807) is 26.0 Å². The van der Waals surface area contributed by atoms with Gasteiger partial charge in [0.1, 0.15) is 0 Å². The molecule has 2 unspecified atom stereocenters. The standard InChI is InChI=1S/C21H26N4O/c1-22-21(24-19-13-18(19)16-7-5-4-6-8-16)23-14-15-9-11-17(12-10-15)20(26)25(2)3/h4-12,18-19H,13-14H2,1-3H3,(H2,22,23,24). The fourth-order valence-electron chi connectivity index (χ4n) is 3.00. The van der Waals surface area contributed by atoms with Crippen molar-refractivity contribution in [2.24, 2.45) is 4.99 Å². The molecule has 0 bridgehead atoms. The highest BCUT2D eigenvalue weighted by Gasteiger charge is 2.38. The molecule has 0 spiro atoms. The normalized spacial score (nSPS) is 19.0. The lowest BCUT2D eigenvalue weighted by Gasteiger charge is -2.13. The van der Waals surface area contributed by atoms with E-state index in [9.17, 15) is 4.79 Å². The summed E-state index contributed by atoms with van der Waals surface area (Å²) in [5.41, 5.74) is 3.19. The van der Waals surface area contributed by atoms with Crippen LogP contribution in [-0.2, 0) is 6.54 Å². The van der Waals surface area contributed by atoms with E-state index in [4.69, 9.17) is 0 Å². The van der Waals surface area contributed by atoms with Gasteiger partial charge in [0.15, 0.2) is 5.96 Å². The predicted molar refractivity (Wildman–Crippen MR) is 105 cm³/mol. The zero-order chi connectivity index (χ0) is 18.5. The first kappa shape index (κ1) is 18.0. The van der Waals surface area contributed by atoms with Gasteiger partial charge in [0.05, 0.1) is 0 Å². The molecule has 26 heavy (non-hydrogen) atoms. The summed E-state index contributed by atoms with van der Waals surface area (Å²) in [6.07, 6.45) is 1.13. The van der Waals surface area contributed by atoms with Gasteiger partial charge in [-0.05, 0) is 29.7 Å². The van der Waals surface area contributed by atoms with Gasteiger partial charge in [0, 0.05) is 45.2 Å². The van der Waals surface area contributed by atoms with E-state index in [0.29, 0.717) is 24.1 Å². The minimum Gasteiger partial charge on any atom is -0.353 e. The SMILES string of the molecule is CN=C(NCc1ccc(C(=O)N(C)C)cc1)NC1CC1c1ccccc1. The summed E-state index contributed by atoms with van der Waals surface area (Å²) in [4.78, 5) is 17.8. The van der Waals surface area contributed by atoms with E-state index in [1.165, 1.54) is 5.56 Å². The van der Waals surface area contributed by atoms with Crippen LogP contribution in [0.15, 0.2) is 59.6 Å². The maximum atomic E-state index is 11.9. The molecule has 0 heterocycles. The van der Waals surface area contributed by atoms with Crippen molar-refractivity contribution in [2.45, 2.75) is 24.9 Å². The van der Waals surface area contributed by atoms with Gasteiger partial charge < -0.3 is 15.5 Å². The first-order chi connectivity index (χ1) is 12.6. The number of aliphatic imine (C=N–C) groups is 1. The molecule has 136 valence electrons. The highest BCUT2D eigenvalue weighted by Crippen LogP contribution is 2.40. The maximum absolute atomic E-state index is 11.9. The molecule has 1 fully saturated rings. The quantitative estimate of drug-likeness (QED) is 0.644. The summed E-state index contributed by atoms with van der Waals surface area (Å²) < 4.78 is 0. The summed E-state index contributed by atoms with van der Waals surface area (Å²) in [6, 6.07) is 18.7. The number of guanidine groups is 1. The fourth-order valence-corrected chi connectivity index (χ4v) is 3.00. The molecule has 5 heteroatoms. The second kappa shape index (κ2) is 8.04. The first-order valence-corrected chi connectivity index (χ1v) is 8.91. The zero-order valence-electron chi connectivity index (χ0n) is 15.6. The van der Waals surface area contributed by atoms with Crippen LogP contribution in [0.25, 0.3) is 0 Å². The number of carbonyl (C=O) groups excluding carboxylic acids is 1. The highest BCUT2D eigenvalue weighted by molar-refractivity contribution is 5.93. The Morgan fingerprint density at radius 1 is 1.12 bits per heavy atom. The maximum Gasteiger partial charge on any atom is 0.253 e. The molecule has 3 rings (SSSR count). The minimum atomic E-state index is 0.0164. The van der Waals surface area contributed by atoms with Crippen LogP contribution in [0.4, 0.5) is 0 Å². The lowest BCUT2D eigenvalue weighted by molar-refractivity contribution is 0.0827. The van der Waals surface area contributed by atoms with E-state index >= 15 is 0 Å². The molecular formula is C21H26N4O. The Hall–Kier alpha value is -2.82. The molecule has 2 aromatic carbocycles. The fraction of sp³-hybridized carbons (Fsp3) is 0.333. The van der Waals surface area contributed by atoms with Gasteiger partial charge in [0.2, 0.25) is 0 Å². The van der Waals surface area contributed by atoms with E-state index in [1.807, 2.05) is 30.3 Å². The number of nitrogens with one attached hydrogen (secondary N) is 2. The van der Waals surface area contributed by atoms with Crippen molar-refractivity contribution in [3.05, 3.63) is 71.3 Å². The predicted octanol–water partition coefficient (Wildman–Crippen LogP) is 2.61. The van der Waals surface area contributed by atoms with E-state index in [2.05, 4.69) is 39.9 Å². The van der Waals surface area contributed by atoms with E-state index in [0.717, 1.165) is 17.9 Å². The van der Waals surface area contributed by atoms with Crippen molar-refractivity contribution in [1.82, 2.24) is 15.5 Å². The van der Waals surface area contributed by atoms with Crippen LogP contribution in [0.5, 0.6) is 0 Å². The number of hydrogen-bond donors (Lipinski definition) is 2. The Labute approximate surface area is 155 Å². The van der Waals surface area contributed by atoms with Crippen molar-refractivity contribution in [3.63, 3.8) is 0 Å². The zero-order valence-corrected chi connectivity index (χ0v) is 15.6. The molecule has 0 saturated heterocycles. The van der Waals surface area contributed by atoms with Gasteiger partial charge in [-0.25, -0.2) is 0 Å². The number of hydrogen-bond acceptors (Lipinski definition) is 2. The second-order valence-electron chi connectivity index (χ2n) is 6.83. The van der Waals surface area contributed by atoms with E-state index in [-0.39, 0.29) is 5.91 Å². The lowest BCUT2D eigenvalue weighted by Crippen LogP contribution is -2.38. The average molecular weight is 350 g/mol. The van der Waals surface area contributed by atoms with Crippen LogP contribution in [0.2, 0.25) is 0 Å². The van der Waals surface area contributed by atoms with Crippen LogP contribution < -0.4 is 10.6 Å².